The van der Waals surface area contributed by atoms with E-state index in [1.54, 1.807) is 24.3 Å². The second-order valence-corrected chi connectivity index (χ2v) is 9.25. The summed E-state index contributed by atoms with van der Waals surface area (Å²) in [5.41, 5.74) is 1.11. The molecule has 1 aliphatic rings. The van der Waals surface area contributed by atoms with Gasteiger partial charge in [0, 0.05) is 36.3 Å². The molecule has 3 aromatic carbocycles. The second-order valence-electron chi connectivity index (χ2n) is 9.25. The molecule has 40 heavy (non-hydrogen) atoms. The maximum atomic E-state index is 13.7. The van der Waals surface area contributed by atoms with Crippen LogP contribution in [0.3, 0.4) is 0 Å². The summed E-state index contributed by atoms with van der Waals surface area (Å²) in [6.45, 7) is 1.76. The minimum absolute atomic E-state index is 0.0222. The van der Waals surface area contributed by atoms with E-state index in [4.69, 9.17) is 0 Å². The van der Waals surface area contributed by atoms with Crippen LogP contribution in [0.4, 0.5) is 10.1 Å². The second kappa shape index (κ2) is 11.7. The van der Waals surface area contributed by atoms with Gasteiger partial charge in [0.05, 0.1) is 17.4 Å². The Kier molecular flexibility index (Phi) is 8.18. The van der Waals surface area contributed by atoms with Crippen molar-refractivity contribution in [2.24, 2.45) is 0 Å². The number of rotatable bonds is 8. The number of aliphatic carboxylic acids is 1. The lowest BCUT2D eigenvalue weighted by molar-refractivity contribution is -0.384. The van der Waals surface area contributed by atoms with Gasteiger partial charge >= 0.3 is 5.97 Å². The van der Waals surface area contributed by atoms with Crippen molar-refractivity contribution >= 4 is 29.4 Å². The van der Waals surface area contributed by atoms with E-state index in [0.29, 0.717) is 5.56 Å². The summed E-state index contributed by atoms with van der Waals surface area (Å²) in [4.78, 5) is 65.2. The van der Waals surface area contributed by atoms with Crippen molar-refractivity contribution in [3.63, 3.8) is 0 Å². The summed E-state index contributed by atoms with van der Waals surface area (Å²) in [6, 6.07) is 15.4. The van der Waals surface area contributed by atoms with Gasteiger partial charge in [-0.15, -0.1) is 0 Å². The molecule has 0 aromatic heterocycles. The van der Waals surface area contributed by atoms with Crippen molar-refractivity contribution in [2.75, 3.05) is 13.1 Å². The van der Waals surface area contributed by atoms with Gasteiger partial charge in [0.25, 0.3) is 23.4 Å². The van der Waals surface area contributed by atoms with Gasteiger partial charge in [-0.1, -0.05) is 35.9 Å². The Bertz CT molecular complexity index is 1460. The number of nitrogens with one attached hydrogen (secondary N) is 1. The molecule has 4 rings (SSSR count). The van der Waals surface area contributed by atoms with Crippen LogP contribution in [-0.4, -0.2) is 62.8 Å². The zero-order valence-electron chi connectivity index (χ0n) is 21.3. The van der Waals surface area contributed by atoms with E-state index < -0.39 is 53.1 Å². The molecule has 1 heterocycles. The average molecular weight is 549 g/mol. The van der Waals surface area contributed by atoms with Gasteiger partial charge in [-0.05, 0) is 42.8 Å². The van der Waals surface area contributed by atoms with Crippen LogP contribution < -0.4 is 5.32 Å². The molecule has 0 bridgehead atoms. The van der Waals surface area contributed by atoms with E-state index in [1.807, 2.05) is 6.92 Å². The van der Waals surface area contributed by atoms with E-state index >= 15 is 0 Å². The lowest BCUT2D eigenvalue weighted by Gasteiger charge is -2.31. The van der Waals surface area contributed by atoms with Crippen molar-refractivity contribution in [2.45, 2.75) is 25.6 Å². The number of amides is 3. The highest BCUT2D eigenvalue weighted by molar-refractivity contribution is 6.02. The number of nitro benzene ring substituents is 1. The molecule has 0 saturated carbocycles. The van der Waals surface area contributed by atoms with E-state index in [9.17, 15) is 38.8 Å². The predicted molar refractivity (Wildman–Crippen MR) is 140 cm³/mol. The number of benzene rings is 3. The minimum Gasteiger partial charge on any atom is -0.481 e. The zero-order valence-corrected chi connectivity index (χ0v) is 21.3. The lowest BCUT2D eigenvalue weighted by atomic mass is 10.0. The number of carbonyl (C=O) groups is 4. The van der Waals surface area contributed by atoms with Crippen LogP contribution in [0.2, 0.25) is 0 Å². The third-order valence-electron chi connectivity index (χ3n) is 6.50. The van der Waals surface area contributed by atoms with E-state index in [2.05, 4.69) is 5.32 Å². The highest BCUT2D eigenvalue weighted by Crippen LogP contribution is 2.25. The number of halogens is 1. The van der Waals surface area contributed by atoms with Gasteiger partial charge in [0.1, 0.15) is 5.82 Å². The maximum absolute atomic E-state index is 13.7. The van der Waals surface area contributed by atoms with Crippen LogP contribution in [0.5, 0.6) is 0 Å². The molecule has 11 nitrogen and oxygen atoms in total. The van der Waals surface area contributed by atoms with Gasteiger partial charge in [-0.25, -0.2) is 4.39 Å². The molecule has 0 radical (unpaired) electrons. The molecule has 206 valence electrons. The molecule has 3 aromatic rings. The topological polar surface area (TPSA) is 150 Å². The molecule has 1 saturated heterocycles. The van der Waals surface area contributed by atoms with Crippen molar-refractivity contribution in [3.8, 4) is 0 Å². The van der Waals surface area contributed by atoms with E-state index in [0.717, 1.165) is 28.7 Å². The summed E-state index contributed by atoms with van der Waals surface area (Å²) in [7, 11) is 0. The van der Waals surface area contributed by atoms with Crippen LogP contribution in [0.15, 0.2) is 72.8 Å². The third kappa shape index (κ3) is 6.12. The van der Waals surface area contributed by atoms with Gasteiger partial charge in [-0.3, -0.25) is 29.3 Å². The Balaban J connectivity index is 1.70. The molecule has 0 aliphatic carbocycles. The number of non-ortho nitro benzene ring substituents is 1. The number of carboxylic acids is 1. The summed E-state index contributed by atoms with van der Waals surface area (Å²) in [6.07, 6.45) is -2.04. The Morgan fingerprint density at radius 2 is 1.57 bits per heavy atom. The maximum Gasteiger partial charge on any atom is 0.305 e. The summed E-state index contributed by atoms with van der Waals surface area (Å²) in [5, 5.41) is 23.3. The number of aryl methyl sites for hydroxylation is 1. The molecule has 2 N–H and O–H groups in total. The molecule has 2 unspecified atom stereocenters. The van der Waals surface area contributed by atoms with Crippen molar-refractivity contribution in [1.82, 2.24) is 15.1 Å². The first-order valence-corrected chi connectivity index (χ1v) is 12.3. The number of carboxylic acid groups (broad SMARTS) is 1. The first kappa shape index (κ1) is 27.9. The highest BCUT2D eigenvalue weighted by Gasteiger charge is 2.44. The van der Waals surface area contributed by atoms with Gasteiger partial charge in [0.2, 0.25) is 0 Å². The monoisotopic (exact) mass is 548 g/mol. The quantitative estimate of drug-likeness (QED) is 0.324. The summed E-state index contributed by atoms with van der Waals surface area (Å²) >= 11 is 0. The number of hydrogen-bond acceptors (Lipinski definition) is 6. The van der Waals surface area contributed by atoms with Crippen molar-refractivity contribution in [3.05, 3.63) is 111 Å². The van der Waals surface area contributed by atoms with Crippen LogP contribution in [0.1, 0.15) is 44.3 Å². The Labute approximate surface area is 228 Å². The van der Waals surface area contributed by atoms with E-state index in [-0.39, 0.29) is 29.9 Å². The fourth-order valence-corrected chi connectivity index (χ4v) is 4.49. The zero-order chi connectivity index (χ0) is 29.0. The standard InChI is InChI=1S/C28H25FN4O7/c1-17-5-7-19(8-6-17)27(37)31-13-14-32(28(38)20-3-2-4-22(15-20)33(39)40)26(31)25(36)30-23(16-24(34)35)18-9-11-21(29)12-10-18/h2-12,15,23,26H,13-14,16H2,1H3,(H,30,36)(H,34,35). The summed E-state index contributed by atoms with van der Waals surface area (Å²) in [5.74, 6) is -3.89. The van der Waals surface area contributed by atoms with Gasteiger partial charge in [-0.2, -0.15) is 0 Å². The average Bonchev–Trinajstić information content (AvgIpc) is 3.38. The highest BCUT2D eigenvalue weighted by atomic mass is 19.1. The molecular weight excluding hydrogens is 523 g/mol. The van der Waals surface area contributed by atoms with Crippen LogP contribution in [0.25, 0.3) is 0 Å². The fourth-order valence-electron chi connectivity index (χ4n) is 4.49. The van der Waals surface area contributed by atoms with Crippen LogP contribution in [0, 0.1) is 22.9 Å². The number of carbonyl (C=O) groups excluding carboxylic acids is 3. The van der Waals surface area contributed by atoms with Crippen LogP contribution >= 0.6 is 0 Å². The lowest BCUT2D eigenvalue weighted by Crippen LogP contribution is -2.54. The first-order chi connectivity index (χ1) is 19.0. The smallest absolute Gasteiger partial charge is 0.305 e. The molecular formula is C28H25FN4O7. The normalized spacial score (nSPS) is 15.4. The van der Waals surface area contributed by atoms with E-state index in [1.165, 1.54) is 35.2 Å². The number of nitrogens with zero attached hydrogens (tertiary/aromatic N) is 3. The van der Waals surface area contributed by atoms with Crippen LogP contribution in [-0.2, 0) is 9.59 Å². The van der Waals surface area contributed by atoms with Crippen molar-refractivity contribution < 1.29 is 33.6 Å². The molecule has 3 amide bonds. The molecule has 1 aliphatic heterocycles. The Morgan fingerprint density at radius 3 is 2.15 bits per heavy atom. The molecule has 0 spiro atoms. The molecule has 12 heteroatoms. The Hall–Kier alpha value is -5.13. The SMILES string of the molecule is Cc1ccc(C(=O)N2CCN(C(=O)c3cccc([N+](=O)[O-])c3)C2C(=O)NC(CC(=O)O)c2ccc(F)cc2)cc1. The molecule has 1 fully saturated rings. The molecule has 2 atom stereocenters. The number of hydrogen-bond donors (Lipinski definition) is 2. The number of nitro groups is 1. The first-order valence-electron chi connectivity index (χ1n) is 12.3. The minimum atomic E-state index is -1.49. The van der Waals surface area contributed by atoms with Gasteiger partial charge in [0.15, 0.2) is 6.17 Å². The Morgan fingerprint density at radius 1 is 0.975 bits per heavy atom. The third-order valence-corrected chi connectivity index (χ3v) is 6.50. The predicted octanol–water partition coefficient (Wildman–Crippen LogP) is 3.30. The largest absolute Gasteiger partial charge is 0.481 e. The van der Waals surface area contributed by atoms with Crippen molar-refractivity contribution in [1.29, 1.82) is 0 Å². The summed E-state index contributed by atoms with van der Waals surface area (Å²) < 4.78 is 13.5. The van der Waals surface area contributed by atoms with Gasteiger partial charge < -0.3 is 20.2 Å². The fraction of sp³-hybridized carbons (Fsp3) is 0.214.